The lowest BCUT2D eigenvalue weighted by Gasteiger charge is -2.39. The van der Waals surface area contributed by atoms with E-state index >= 15 is 9.59 Å². The second-order valence-corrected chi connectivity index (χ2v) is 15.6. The minimum atomic E-state index is -1.43. The van der Waals surface area contributed by atoms with E-state index in [1.807, 2.05) is 72.8 Å². The van der Waals surface area contributed by atoms with Gasteiger partial charge in [0.25, 0.3) is 5.91 Å². The Morgan fingerprint density at radius 3 is 2.20 bits per heavy atom. The molecule has 56 heavy (non-hydrogen) atoms. The maximum atomic E-state index is 15.3. The number of esters is 1. The zero-order valence-electron chi connectivity index (χ0n) is 32.0. The number of aliphatic hydroxyl groups is 1. The van der Waals surface area contributed by atoms with Crippen molar-refractivity contribution in [1.82, 2.24) is 10.2 Å². The number of nitrogens with one attached hydrogen (secondary N) is 1. The number of hydrogen-bond donors (Lipinski definition) is 2. The smallest absolute Gasteiger partial charge is 0.313 e. The van der Waals surface area contributed by atoms with Crippen molar-refractivity contribution in [2.45, 2.75) is 67.8 Å². The van der Waals surface area contributed by atoms with E-state index in [1.54, 1.807) is 29.2 Å². The summed E-state index contributed by atoms with van der Waals surface area (Å²) in [7, 11) is 0. The predicted molar refractivity (Wildman–Crippen MR) is 219 cm³/mol. The maximum Gasteiger partial charge on any atom is 0.313 e. The predicted octanol–water partition coefficient (Wildman–Crippen LogP) is 5.90. The SMILES string of the molecule is C=CCCC(=O)NC[C@H](OC(=O)[C@@H]1[C@H]2O[C@@]3(CC2Br)[C@H](C(=O)N(CC=C)c2ccc(N(CC)CC)cc2)N([C@H](CO)c2ccccc2)C(=O)[C@@H]13)c1ccccc1. The van der Waals surface area contributed by atoms with Gasteiger partial charge in [-0.25, -0.2) is 0 Å². The molecule has 3 heterocycles. The van der Waals surface area contributed by atoms with Crippen molar-refractivity contribution in [3.05, 3.63) is 121 Å². The highest BCUT2D eigenvalue weighted by Crippen LogP contribution is 2.61. The highest BCUT2D eigenvalue weighted by molar-refractivity contribution is 9.09. The van der Waals surface area contributed by atoms with E-state index in [0.29, 0.717) is 23.2 Å². The number of anilines is 2. The van der Waals surface area contributed by atoms with Gasteiger partial charge in [-0.05, 0) is 62.1 Å². The van der Waals surface area contributed by atoms with Crippen molar-refractivity contribution >= 4 is 51.0 Å². The monoisotopic (exact) mass is 826 g/mol. The van der Waals surface area contributed by atoms with Crippen LogP contribution < -0.4 is 15.1 Å². The molecular formula is C44H51BrN4O7. The van der Waals surface area contributed by atoms with Gasteiger partial charge in [0.05, 0.1) is 37.1 Å². The molecule has 0 aliphatic carbocycles. The second kappa shape index (κ2) is 18.0. The van der Waals surface area contributed by atoms with E-state index in [1.165, 1.54) is 4.90 Å². The molecule has 3 aliphatic rings. The molecule has 0 saturated carbocycles. The zero-order chi connectivity index (χ0) is 40.0. The van der Waals surface area contributed by atoms with Crippen molar-refractivity contribution in [1.29, 1.82) is 0 Å². The van der Waals surface area contributed by atoms with E-state index in [2.05, 4.69) is 53.2 Å². The molecule has 11 nitrogen and oxygen atoms in total. The van der Waals surface area contributed by atoms with Gasteiger partial charge in [0.1, 0.15) is 17.7 Å². The van der Waals surface area contributed by atoms with Crippen molar-refractivity contribution in [3.8, 4) is 0 Å². The van der Waals surface area contributed by atoms with Gasteiger partial charge in [0.15, 0.2) is 0 Å². The zero-order valence-corrected chi connectivity index (χ0v) is 33.6. The lowest BCUT2D eigenvalue weighted by Crippen LogP contribution is -2.57. The fourth-order valence-corrected chi connectivity index (χ4v) is 9.60. The Labute approximate surface area is 337 Å². The minimum absolute atomic E-state index is 0.0167. The van der Waals surface area contributed by atoms with E-state index < -0.39 is 70.9 Å². The molecule has 3 fully saturated rings. The molecule has 0 aromatic heterocycles. The van der Waals surface area contributed by atoms with Gasteiger partial charge in [-0.15, -0.1) is 13.2 Å². The third-order valence-corrected chi connectivity index (χ3v) is 12.1. The van der Waals surface area contributed by atoms with Gasteiger partial charge in [-0.1, -0.05) is 88.7 Å². The van der Waals surface area contributed by atoms with Gasteiger partial charge >= 0.3 is 5.97 Å². The molecule has 12 heteroatoms. The van der Waals surface area contributed by atoms with Crippen LogP contribution in [0, 0.1) is 11.8 Å². The highest BCUT2D eigenvalue weighted by atomic mass is 79.9. The molecule has 0 radical (unpaired) electrons. The summed E-state index contributed by atoms with van der Waals surface area (Å²) in [6, 6.07) is 23.7. The van der Waals surface area contributed by atoms with Crippen LogP contribution in [0.1, 0.15) is 56.4 Å². The van der Waals surface area contributed by atoms with Crippen molar-refractivity contribution < 1.29 is 33.8 Å². The third-order valence-electron chi connectivity index (χ3n) is 11.3. The van der Waals surface area contributed by atoms with Crippen molar-refractivity contribution in [2.75, 3.05) is 42.6 Å². The highest BCUT2D eigenvalue weighted by Gasteiger charge is 2.77. The molecule has 3 amide bonds. The Kier molecular flexibility index (Phi) is 13.1. The molecule has 8 atom stereocenters. The summed E-state index contributed by atoms with van der Waals surface area (Å²) < 4.78 is 13.0. The fourth-order valence-electron chi connectivity index (χ4n) is 8.65. The number of likely N-dealkylation sites (tertiary alicyclic amines) is 1. The Morgan fingerprint density at radius 2 is 1.61 bits per heavy atom. The summed E-state index contributed by atoms with van der Waals surface area (Å²) in [4.78, 5) is 62.4. The number of rotatable bonds is 18. The number of carbonyl (C=O) groups is 4. The number of halogens is 1. The number of allylic oxidation sites excluding steroid dienone is 1. The van der Waals surface area contributed by atoms with Crippen LogP contribution in [-0.4, -0.2) is 89.1 Å². The summed E-state index contributed by atoms with van der Waals surface area (Å²) in [5, 5.41) is 13.9. The number of ether oxygens (including phenoxy) is 2. The number of aliphatic hydroxyl groups excluding tert-OH is 1. The van der Waals surface area contributed by atoms with E-state index in [-0.39, 0.29) is 31.8 Å². The lowest BCUT2D eigenvalue weighted by molar-refractivity contribution is -0.160. The first-order valence-electron chi connectivity index (χ1n) is 19.3. The summed E-state index contributed by atoms with van der Waals surface area (Å²) in [5.41, 5.74) is 1.50. The fraction of sp³-hybridized carbons (Fsp3) is 0.409. The van der Waals surface area contributed by atoms with Crippen molar-refractivity contribution in [2.24, 2.45) is 11.8 Å². The normalized spacial score (nSPS) is 24.5. The van der Waals surface area contributed by atoms with E-state index in [9.17, 15) is 14.7 Å². The molecule has 3 aromatic carbocycles. The van der Waals surface area contributed by atoms with Crippen LogP contribution >= 0.6 is 15.9 Å². The molecule has 296 valence electrons. The Hall–Kier alpha value is -4.78. The molecule has 6 rings (SSSR count). The number of benzene rings is 3. The Morgan fingerprint density at radius 1 is 0.982 bits per heavy atom. The number of carbonyl (C=O) groups excluding carboxylic acids is 4. The Bertz CT molecular complexity index is 1870. The largest absolute Gasteiger partial charge is 0.455 e. The summed E-state index contributed by atoms with van der Waals surface area (Å²) in [5.74, 6) is -3.94. The van der Waals surface area contributed by atoms with Crippen LogP contribution in [0.2, 0.25) is 0 Å². The first kappa shape index (κ1) is 40.9. The molecule has 3 saturated heterocycles. The minimum Gasteiger partial charge on any atom is -0.455 e. The Balaban J connectivity index is 1.39. The van der Waals surface area contributed by atoms with Crippen LogP contribution in [0.25, 0.3) is 0 Å². The van der Waals surface area contributed by atoms with Crippen LogP contribution in [0.4, 0.5) is 11.4 Å². The average Bonchev–Trinajstić information content (AvgIpc) is 3.82. The van der Waals surface area contributed by atoms with E-state index in [0.717, 1.165) is 18.8 Å². The number of amides is 3. The van der Waals surface area contributed by atoms with Gasteiger partial charge < -0.3 is 34.6 Å². The molecule has 2 N–H and O–H groups in total. The summed E-state index contributed by atoms with van der Waals surface area (Å²) in [6.45, 7) is 13.1. The number of fused-ring (bicyclic) bond motifs is 1. The first-order valence-corrected chi connectivity index (χ1v) is 20.3. The maximum absolute atomic E-state index is 15.3. The molecule has 2 bridgehead atoms. The van der Waals surface area contributed by atoms with Crippen LogP contribution in [0.5, 0.6) is 0 Å². The summed E-state index contributed by atoms with van der Waals surface area (Å²) >= 11 is 3.76. The average molecular weight is 828 g/mol. The summed E-state index contributed by atoms with van der Waals surface area (Å²) in [6.07, 6.45) is 2.66. The molecule has 1 spiro atoms. The first-order chi connectivity index (χ1) is 27.1. The quantitative estimate of drug-likeness (QED) is 0.0923. The van der Waals surface area contributed by atoms with Gasteiger partial charge in [0.2, 0.25) is 11.8 Å². The number of nitrogens with zero attached hydrogens (tertiary/aromatic N) is 3. The van der Waals surface area contributed by atoms with Crippen molar-refractivity contribution in [3.63, 3.8) is 0 Å². The number of alkyl halides is 1. The van der Waals surface area contributed by atoms with Crippen LogP contribution in [-0.2, 0) is 28.7 Å². The standard InChI is InChI=1S/C44H51BrN4O7/c1-5-9-20-36(51)46-27-35(30-18-14-11-15-19-30)55-43(54)37-38-41(52)49(34(28-50)29-16-12-10-13-17-29)40(44(38)26-33(45)39(37)56-44)42(53)48(25-6-2)32-23-21-31(22-24-32)47(7-3)8-4/h5-6,10-19,21-24,33-35,37-40,50H,1-2,7-9,20,25-28H2,3-4H3,(H,46,51)/t33?,34-,35+,37+,38-,39+,40+,44-/m1/s1. The number of hydrogen-bond acceptors (Lipinski definition) is 8. The van der Waals surface area contributed by atoms with Crippen LogP contribution in [0.3, 0.4) is 0 Å². The third kappa shape index (κ3) is 7.79. The van der Waals surface area contributed by atoms with Crippen LogP contribution in [0.15, 0.2) is 110 Å². The van der Waals surface area contributed by atoms with E-state index in [4.69, 9.17) is 9.47 Å². The molecule has 3 aromatic rings. The lowest BCUT2D eigenvalue weighted by atomic mass is 9.70. The second-order valence-electron chi connectivity index (χ2n) is 14.4. The van der Waals surface area contributed by atoms with Gasteiger partial charge in [-0.2, -0.15) is 0 Å². The van der Waals surface area contributed by atoms with Gasteiger partial charge in [-0.3, -0.25) is 19.2 Å². The topological polar surface area (TPSA) is 129 Å². The molecular weight excluding hydrogens is 776 g/mol. The molecule has 3 aliphatic heterocycles. The molecule has 1 unspecified atom stereocenters. The van der Waals surface area contributed by atoms with Gasteiger partial charge in [0, 0.05) is 42.3 Å².